The van der Waals surface area contributed by atoms with Crippen LogP contribution in [0.15, 0.2) is 36.4 Å². The van der Waals surface area contributed by atoms with E-state index in [1.807, 2.05) is 0 Å². The number of fused-ring (bicyclic) bond motifs is 1. The van der Waals surface area contributed by atoms with E-state index >= 15 is 0 Å². The summed E-state index contributed by atoms with van der Waals surface area (Å²) in [6.45, 7) is 3.71. The molecule has 0 bridgehead atoms. The van der Waals surface area contributed by atoms with E-state index in [-0.39, 0.29) is 12.4 Å². The van der Waals surface area contributed by atoms with E-state index in [9.17, 15) is 9.59 Å². The summed E-state index contributed by atoms with van der Waals surface area (Å²) in [6.07, 6.45) is -1.15. The molecule has 1 aliphatic heterocycles. The Kier molecular flexibility index (Phi) is 4.44. The quantitative estimate of drug-likeness (QED) is 0.626. The average Bonchev–Trinajstić information content (AvgIpc) is 2.97. The van der Waals surface area contributed by atoms with Crippen molar-refractivity contribution >= 4 is 23.4 Å². The fraction of sp³-hybridized carbons (Fsp3) is 0.222. The van der Waals surface area contributed by atoms with E-state index in [4.69, 9.17) is 25.8 Å². The van der Waals surface area contributed by atoms with E-state index in [0.29, 0.717) is 33.2 Å². The largest absolute Gasteiger partial charge is 0.460 e. The summed E-state index contributed by atoms with van der Waals surface area (Å²) < 4.78 is 15.8. The molecule has 1 aliphatic rings. The zero-order valence-corrected chi connectivity index (χ0v) is 13.9. The Morgan fingerprint density at radius 1 is 1.12 bits per heavy atom. The highest BCUT2D eigenvalue weighted by Gasteiger charge is 2.33. The summed E-state index contributed by atoms with van der Waals surface area (Å²) in [5.41, 5.74) is 1.55. The minimum Gasteiger partial charge on any atom is -0.460 e. The SMILES string of the molecule is CCOC(=O)C1Oc2cc(C)c(C(=O)c3ccccc3Cl)cc2O1. The third-order valence-corrected chi connectivity index (χ3v) is 3.93. The highest BCUT2D eigenvalue weighted by Crippen LogP contribution is 2.38. The molecule has 0 aromatic heterocycles. The zero-order chi connectivity index (χ0) is 17.3. The summed E-state index contributed by atoms with van der Waals surface area (Å²) in [4.78, 5) is 24.5. The van der Waals surface area contributed by atoms with Crippen LogP contribution in [-0.2, 0) is 9.53 Å². The average molecular weight is 347 g/mol. The molecule has 0 saturated heterocycles. The van der Waals surface area contributed by atoms with Crippen LogP contribution in [0.3, 0.4) is 0 Å². The molecule has 0 radical (unpaired) electrons. The number of benzene rings is 2. The van der Waals surface area contributed by atoms with Crippen molar-refractivity contribution in [1.82, 2.24) is 0 Å². The van der Waals surface area contributed by atoms with Gasteiger partial charge in [0, 0.05) is 11.1 Å². The Hall–Kier alpha value is -2.53. The molecule has 0 spiro atoms. The Labute approximate surface area is 144 Å². The maximum Gasteiger partial charge on any atom is 0.389 e. The summed E-state index contributed by atoms with van der Waals surface area (Å²) >= 11 is 6.10. The van der Waals surface area contributed by atoms with Crippen molar-refractivity contribution in [2.45, 2.75) is 20.1 Å². The van der Waals surface area contributed by atoms with Crippen LogP contribution in [0.25, 0.3) is 0 Å². The van der Waals surface area contributed by atoms with Gasteiger partial charge in [0.25, 0.3) is 0 Å². The van der Waals surface area contributed by atoms with Gasteiger partial charge in [-0.1, -0.05) is 23.7 Å². The third-order valence-electron chi connectivity index (χ3n) is 3.60. The fourth-order valence-corrected chi connectivity index (χ4v) is 2.66. The summed E-state index contributed by atoms with van der Waals surface area (Å²) in [5, 5.41) is 0.379. The lowest BCUT2D eigenvalue weighted by Gasteiger charge is -2.08. The van der Waals surface area contributed by atoms with Crippen LogP contribution < -0.4 is 9.47 Å². The topological polar surface area (TPSA) is 61.8 Å². The molecule has 0 aliphatic carbocycles. The number of carbonyl (C=O) groups is 2. The van der Waals surface area contributed by atoms with E-state index < -0.39 is 12.3 Å². The van der Waals surface area contributed by atoms with Gasteiger partial charge >= 0.3 is 12.3 Å². The first-order valence-corrected chi connectivity index (χ1v) is 7.83. The number of carbonyl (C=O) groups excluding carboxylic acids is 2. The van der Waals surface area contributed by atoms with Crippen LogP contribution in [0.2, 0.25) is 5.02 Å². The minimum atomic E-state index is -1.15. The highest BCUT2D eigenvalue weighted by atomic mass is 35.5. The van der Waals surface area contributed by atoms with Crippen LogP contribution in [0, 0.1) is 6.92 Å². The zero-order valence-electron chi connectivity index (χ0n) is 13.2. The molecule has 3 rings (SSSR count). The summed E-state index contributed by atoms with van der Waals surface area (Å²) in [6, 6.07) is 10.1. The van der Waals surface area contributed by atoms with Crippen molar-refractivity contribution in [2.24, 2.45) is 0 Å². The number of hydrogen-bond donors (Lipinski definition) is 0. The van der Waals surface area contributed by atoms with Gasteiger partial charge in [0.2, 0.25) is 0 Å². The molecule has 6 heteroatoms. The standard InChI is InChI=1S/C18H15ClO5/c1-3-22-17(21)18-23-14-8-10(2)12(9-15(14)24-18)16(20)11-6-4-5-7-13(11)19/h4-9,18H,3H2,1-2H3. The second kappa shape index (κ2) is 6.53. The molecular weight excluding hydrogens is 332 g/mol. The lowest BCUT2D eigenvalue weighted by molar-refractivity contribution is -0.161. The molecule has 0 N–H and O–H groups in total. The number of rotatable bonds is 4. The summed E-state index contributed by atoms with van der Waals surface area (Å²) in [5.74, 6) is -0.0928. The molecule has 1 heterocycles. The van der Waals surface area contributed by atoms with E-state index in [2.05, 4.69) is 0 Å². The van der Waals surface area contributed by atoms with Gasteiger partial charge in [0.05, 0.1) is 11.6 Å². The van der Waals surface area contributed by atoms with Gasteiger partial charge in [-0.25, -0.2) is 4.79 Å². The van der Waals surface area contributed by atoms with Crippen molar-refractivity contribution in [2.75, 3.05) is 6.61 Å². The van der Waals surface area contributed by atoms with Gasteiger partial charge < -0.3 is 14.2 Å². The fourth-order valence-electron chi connectivity index (χ4n) is 2.44. The first-order chi connectivity index (χ1) is 11.5. The van der Waals surface area contributed by atoms with Gasteiger partial charge in [-0.3, -0.25) is 4.79 Å². The number of ketones is 1. The van der Waals surface area contributed by atoms with Crippen LogP contribution in [0.5, 0.6) is 11.5 Å². The molecule has 0 saturated carbocycles. The molecule has 1 atom stereocenters. The first-order valence-electron chi connectivity index (χ1n) is 7.45. The molecule has 0 fully saturated rings. The Morgan fingerprint density at radius 2 is 1.79 bits per heavy atom. The lowest BCUT2D eigenvalue weighted by Crippen LogP contribution is -2.30. The van der Waals surface area contributed by atoms with Gasteiger partial charge in [0.15, 0.2) is 17.3 Å². The molecule has 5 nitrogen and oxygen atoms in total. The normalized spacial score (nSPS) is 15.2. The predicted molar refractivity (Wildman–Crippen MR) is 87.7 cm³/mol. The Balaban J connectivity index is 1.91. The van der Waals surface area contributed by atoms with E-state index in [1.54, 1.807) is 50.2 Å². The molecule has 24 heavy (non-hydrogen) atoms. The molecule has 0 amide bonds. The lowest BCUT2D eigenvalue weighted by atomic mass is 9.98. The van der Waals surface area contributed by atoms with Gasteiger partial charge in [-0.15, -0.1) is 0 Å². The van der Waals surface area contributed by atoms with Crippen molar-refractivity contribution in [1.29, 1.82) is 0 Å². The smallest absolute Gasteiger partial charge is 0.389 e. The van der Waals surface area contributed by atoms with Crippen LogP contribution >= 0.6 is 11.6 Å². The predicted octanol–water partition coefficient (Wildman–Crippen LogP) is 3.54. The monoisotopic (exact) mass is 346 g/mol. The third kappa shape index (κ3) is 2.95. The van der Waals surface area contributed by atoms with Gasteiger partial charge in [0.1, 0.15) is 0 Å². The van der Waals surface area contributed by atoms with E-state index in [0.717, 1.165) is 0 Å². The Bertz CT molecular complexity index is 815. The number of halogens is 1. The van der Waals surface area contributed by atoms with Crippen molar-refractivity contribution in [3.63, 3.8) is 0 Å². The first kappa shape index (κ1) is 16.3. The van der Waals surface area contributed by atoms with Gasteiger partial charge in [-0.2, -0.15) is 0 Å². The second-order valence-electron chi connectivity index (χ2n) is 5.24. The molecule has 1 unspecified atom stereocenters. The molecule has 2 aromatic rings. The van der Waals surface area contributed by atoms with Crippen LogP contribution in [0.1, 0.15) is 28.4 Å². The maximum atomic E-state index is 12.7. The second-order valence-corrected chi connectivity index (χ2v) is 5.65. The summed E-state index contributed by atoms with van der Waals surface area (Å²) in [7, 11) is 0. The number of hydrogen-bond acceptors (Lipinski definition) is 5. The van der Waals surface area contributed by atoms with Crippen LogP contribution in [-0.4, -0.2) is 24.6 Å². The maximum absolute atomic E-state index is 12.7. The molecular formula is C18H15ClO5. The molecule has 124 valence electrons. The highest BCUT2D eigenvalue weighted by molar-refractivity contribution is 6.35. The number of esters is 1. The van der Waals surface area contributed by atoms with E-state index in [1.165, 1.54) is 0 Å². The minimum absolute atomic E-state index is 0.218. The number of aryl methyl sites for hydroxylation is 1. The van der Waals surface area contributed by atoms with Gasteiger partial charge in [-0.05, 0) is 43.7 Å². The molecule has 2 aromatic carbocycles. The van der Waals surface area contributed by atoms with Crippen molar-refractivity contribution in [3.05, 3.63) is 58.1 Å². The Morgan fingerprint density at radius 3 is 2.46 bits per heavy atom. The number of ether oxygens (including phenoxy) is 3. The van der Waals surface area contributed by atoms with Crippen molar-refractivity contribution in [3.8, 4) is 11.5 Å². The van der Waals surface area contributed by atoms with Crippen molar-refractivity contribution < 1.29 is 23.8 Å². The van der Waals surface area contributed by atoms with Crippen LogP contribution in [0.4, 0.5) is 0 Å².